The van der Waals surface area contributed by atoms with Crippen molar-refractivity contribution in [3.05, 3.63) is 106 Å². The highest BCUT2D eigenvalue weighted by Crippen LogP contribution is 2.44. The standard InChI is InChI=1S/C28H26F4N2O3/c1-2-11-33-26(36)24-22-5-3-4-6-23(22)27(37)34(25(24)19-9-7-17(16-35)8-10-19)15-18-12-20(28(30,31)32)14-21(29)13-18/h3-10,12-14,24-25,35H,2,11,15-16H2,1H3,(H,33,36)/t24-,25+/m1/s1. The molecule has 9 heteroatoms. The molecule has 0 aliphatic carbocycles. The maximum atomic E-state index is 14.2. The Bertz CT molecular complexity index is 1290. The van der Waals surface area contributed by atoms with Gasteiger partial charge in [0.15, 0.2) is 0 Å². The number of hydrogen-bond acceptors (Lipinski definition) is 3. The van der Waals surface area contributed by atoms with Crippen molar-refractivity contribution >= 4 is 11.8 Å². The van der Waals surface area contributed by atoms with Crippen LogP contribution in [0.25, 0.3) is 0 Å². The highest BCUT2D eigenvalue weighted by molar-refractivity contribution is 6.01. The number of rotatable bonds is 7. The van der Waals surface area contributed by atoms with Gasteiger partial charge in [0, 0.05) is 18.7 Å². The molecule has 0 aromatic heterocycles. The third-order valence-corrected chi connectivity index (χ3v) is 6.41. The molecule has 3 aromatic rings. The summed E-state index contributed by atoms with van der Waals surface area (Å²) in [7, 11) is 0. The summed E-state index contributed by atoms with van der Waals surface area (Å²) in [4.78, 5) is 28.5. The summed E-state index contributed by atoms with van der Waals surface area (Å²) in [6.07, 6.45) is -4.08. The summed E-state index contributed by atoms with van der Waals surface area (Å²) in [5.74, 6) is -2.76. The third kappa shape index (κ3) is 5.51. The molecule has 1 heterocycles. The second kappa shape index (κ2) is 10.7. The Labute approximate surface area is 211 Å². The van der Waals surface area contributed by atoms with Crippen molar-refractivity contribution in [2.24, 2.45) is 0 Å². The Morgan fingerprint density at radius 3 is 2.38 bits per heavy atom. The fraction of sp³-hybridized carbons (Fsp3) is 0.286. The van der Waals surface area contributed by atoms with Crippen molar-refractivity contribution in [1.29, 1.82) is 0 Å². The molecule has 1 aliphatic rings. The molecule has 0 saturated heterocycles. The number of benzene rings is 3. The zero-order valence-electron chi connectivity index (χ0n) is 20.1. The van der Waals surface area contributed by atoms with Crippen LogP contribution in [0, 0.1) is 5.82 Å². The van der Waals surface area contributed by atoms with Crippen molar-refractivity contribution in [1.82, 2.24) is 10.2 Å². The minimum Gasteiger partial charge on any atom is -0.392 e. The molecule has 0 bridgehead atoms. The second-order valence-corrected chi connectivity index (χ2v) is 8.98. The number of aliphatic hydroxyl groups is 1. The van der Waals surface area contributed by atoms with Gasteiger partial charge in [0.25, 0.3) is 5.91 Å². The van der Waals surface area contributed by atoms with Gasteiger partial charge in [0.2, 0.25) is 5.91 Å². The van der Waals surface area contributed by atoms with Crippen LogP contribution in [0.1, 0.15) is 63.5 Å². The van der Waals surface area contributed by atoms with Gasteiger partial charge >= 0.3 is 6.18 Å². The van der Waals surface area contributed by atoms with E-state index < -0.39 is 35.4 Å². The summed E-state index contributed by atoms with van der Waals surface area (Å²) in [6.45, 7) is 1.75. The topological polar surface area (TPSA) is 69.6 Å². The van der Waals surface area contributed by atoms with E-state index in [1.54, 1.807) is 48.5 Å². The van der Waals surface area contributed by atoms with Gasteiger partial charge in [0.05, 0.1) is 24.1 Å². The van der Waals surface area contributed by atoms with Crippen LogP contribution in [0.15, 0.2) is 66.7 Å². The summed E-state index contributed by atoms with van der Waals surface area (Å²) < 4.78 is 54.3. The van der Waals surface area contributed by atoms with Crippen LogP contribution in [-0.4, -0.2) is 28.4 Å². The van der Waals surface area contributed by atoms with E-state index in [2.05, 4.69) is 5.32 Å². The summed E-state index contributed by atoms with van der Waals surface area (Å²) in [6, 6.07) is 14.6. The Hall–Kier alpha value is -3.72. The van der Waals surface area contributed by atoms with Gasteiger partial charge in [-0.3, -0.25) is 9.59 Å². The highest BCUT2D eigenvalue weighted by Gasteiger charge is 2.44. The quantitative estimate of drug-likeness (QED) is 0.418. The number of nitrogens with zero attached hydrogens (tertiary/aromatic N) is 1. The maximum Gasteiger partial charge on any atom is 0.416 e. The first-order valence-corrected chi connectivity index (χ1v) is 11.9. The number of carbonyl (C=O) groups is 2. The summed E-state index contributed by atoms with van der Waals surface area (Å²) in [5.41, 5.74) is 0.728. The third-order valence-electron chi connectivity index (χ3n) is 6.41. The Balaban J connectivity index is 1.87. The maximum absolute atomic E-state index is 14.2. The van der Waals surface area contributed by atoms with E-state index in [-0.39, 0.29) is 30.2 Å². The lowest BCUT2D eigenvalue weighted by molar-refractivity contribution is -0.137. The second-order valence-electron chi connectivity index (χ2n) is 8.98. The molecule has 5 nitrogen and oxygen atoms in total. The van der Waals surface area contributed by atoms with Crippen molar-refractivity contribution in [2.45, 2.75) is 44.6 Å². The van der Waals surface area contributed by atoms with E-state index in [1.807, 2.05) is 6.92 Å². The first-order chi connectivity index (χ1) is 17.6. The molecule has 37 heavy (non-hydrogen) atoms. The number of alkyl halides is 3. The van der Waals surface area contributed by atoms with Gasteiger partial charge < -0.3 is 15.3 Å². The van der Waals surface area contributed by atoms with Crippen LogP contribution >= 0.6 is 0 Å². The van der Waals surface area contributed by atoms with Crippen LogP contribution in [0.3, 0.4) is 0 Å². The minimum absolute atomic E-state index is 0.0512. The predicted molar refractivity (Wildman–Crippen MR) is 129 cm³/mol. The molecule has 0 fully saturated rings. The van der Waals surface area contributed by atoms with E-state index in [1.165, 1.54) is 4.90 Å². The molecule has 0 unspecified atom stereocenters. The van der Waals surface area contributed by atoms with Crippen LogP contribution in [0.4, 0.5) is 17.6 Å². The molecule has 2 amide bonds. The molecule has 3 aromatic carbocycles. The van der Waals surface area contributed by atoms with Crippen LogP contribution in [-0.2, 0) is 24.1 Å². The van der Waals surface area contributed by atoms with E-state index in [4.69, 9.17) is 0 Å². The fourth-order valence-electron chi connectivity index (χ4n) is 4.70. The number of carbonyl (C=O) groups excluding carboxylic acids is 2. The van der Waals surface area contributed by atoms with Crippen LogP contribution in [0.5, 0.6) is 0 Å². The first kappa shape index (κ1) is 26.3. The molecule has 0 spiro atoms. The number of amides is 2. The lowest BCUT2D eigenvalue weighted by atomic mass is 9.78. The number of halogens is 4. The van der Waals surface area contributed by atoms with Gasteiger partial charge in [0.1, 0.15) is 5.82 Å². The summed E-state index contributed by atoms with van der Waals surface area (Å²) in [5, 5.41) is 12.3. The van der Waals surface area contributed by atoms with Gasteiger partial charge in [-0.2, -0.15) is 13.2 Å². The Morgan fingerprint density at radius 2 is 1.73 bits per heavy atom. The van der Waals surface area contributed by atoms with Crippen molar-refractivity contribution in [3.63, 3.8) is 0 Å². The molecular weight excluding hydrogens is 488 g/mol. The molecule has 0 saturated carbocycles. The SMILES string of the molecule is CCCNC(=O)[C@@H]1c2ccccc2C(=O)N(Cc2cc(F)cc(C(F)(F)F)c2)[C@H]1c1ccc(CO)cc1. The normalized spacial score (nSPS) is 17.5. The van der Waals surface area contributed by atoms with Gasteiger partial charge in [-0.1, -0.05) is 49.4 Å². The van der Waals surface area contributed by atoms with E-state index in [9.17, 15) is 32.3 Å². The molecule has 2 N–H and O–H groups in total. The number of fused-ring (bicyclic) bond motifs is 1. The smallest absolute Gasteiger partial charge is 0.392 e. The van der Waals surface area contributed by atoms with Crippen molar-refractivity contribution in [3.8, 4) is 0 Å². The Morgan fingerprint density at radius 1 is 1.03 bits per heavy atom. The van der Waals surface area contributed by atoms with Crippen molar-refractivity contribution in [2.75, 3.05) is 6.54 Å². The zero-order chi connectivity index (χ0) is 26.7. The molecule has 194 valence electrons. The van der Waals surface area contributed by atoms with Crippen LogP contribution in [0.2, 0.25) is 0 Å². The molecule has 2 atom stereocenters. The van der Waals surface area contributed by atoms with Gasteiger partial charge in [-0.25, -0.2) is 4.39 Å². The number of nitrogens with one attached hydrogen (secondary N) is 1. The predicted octanol–water partition coefficient (Wildman–Crippen LogP) is 5.34. The zero-order valence-corrected chi connectivity index (χ0v) is 20.1. The van der Waals surface area contributed by atoms with Crippen LogP contribution < -0.4 is 5.32 Å². The fourth-order valence-corrected chi connectivity index (χ4v) is 4.70. The lowest BCUT2D eigenvalue weighted by Crippen LogP contribution is -2.47. The molecule has 4 rings (SSSR count). The highest BCUT2D eigenvalue weighted by atomic mass is 19.4. The average molecular weight is 515 g/mol. The Kier molecular flexibility index (Phi) is 7.63. The lowest BCUT2D eigenvalue weighted by Gasteiger charge is -2.42. The monoisotopic (exact) mass is 514 g/mol. The van der Waals surface area contributed by atoms with Gasteiger partial charge in [-0.15, -0.1) is 0 Å². The van der Waals surface area contributed by atoms with E-state index in [0.717, 1.165) is 12.1 Å². The molecule has 0 radical (unpaired) electrons. The van der Waals surface area contributed by atoms with E-state index in [0.29, 0.717) is 35.7 Å². The molecular formula is C28H26F4N2O3. The van der Waals surface area contributed by atoms with Crippen molar-refractivity contribution < 1.29 is 32.3 Å². The summed E-state index contributed by atoms with van der Waals surface area (Å²) >= 11 is 0. The molecule has 1 aliphatic heterocycles. The largest absolute Gasteiger partial charge is 0.416 e. The minimum atomic E-state index is -4.77. The average Bonchev–Trinajstić information content (AvgIpc) is 2.88. The van der Waals surface area contributed by atoms with E-state index >= 15 is 0 Å². The first-order valence-electron chi connectivity index (χ1n) is 11.9. The number of aliphatic hydroxyl groups excluding tert-OH is 1. The number of hydrogen-bond donors (Lipinski definition) is 2. The van der Waals surface area contributed by atoms with Gasteiger partial charge in [-0.05, 0) is 52.9 Å².